The van der Waals surface area contributed by atoms with Gasteiger partial charge in [0.15, 0.2) is 0 Å². The third kappa shape index (κ3) is 5.16. The zero-order valence-electron chi connectivity index (χ0n) is 13.5. The van der Waals surface area contributed by atoms with Gasteiger partial charge in [-0.1, -0.05) is 51.1 Å². The molecular formula is C18H28N2O. The van der Waals surface area contributed by atoms with Crippen molar-refractivity contribution in [2.45, 2.75) is 46.1 Å². The van der Waals surface area contributed by atoms with Crippen molar-refractivity contribution in [2.24, 2.45) is 11.3 Å². The van der Waals surface area contributed by atoms with E-state index < -0.39 is 0 Å². The van der Waals surface area contributed by atoms with Crippen molar-refractivity contribution in [2.75, 3.05) is 13.1 Å². The van der Waals surface area contributed by atoms with Gasteiger partial charge in [0, 0.05) is 6.54 Å². The maximum atomic E-state index is 12.5. The van der Waals surface area contributed by atoms with Gasteiger partial charge >= 0.3 is 0 Å². The molecule has 21 heavy (non-hydrogen) atoms. The van der Waals surface area contributed by atoms with Gasteiger partial charge in [0.05, 0.1) is 12.0 Å². The molecule has 1 saturated heterocycles. The first kappa shape index (κ1) is 16.0. The third-order valence-corrected chi connectivity index (χ3v) is 4.00. The molecule has 0 saturated carbocycles. The van der Waals surface area contributed by atoms with E-state index in [4.69, 9.17) is 0 Å². The summed E-state index contributed by atoms with van der Waals surface area (Å²) >= 11 is 0. The molecule has 0 aromatic heterocycles. The van der Waals surface area contributed by atoms with Crippen molar-refractivity contribution < 1.29 is 4.79 Å². The molecule has 1 aromatic rings. The van der Waals surface area contributed by atoms with Gasteiger partial charge in [0.1, 0.15) is 0 Å². The molecule has 2 unspecified atom stereocenters. The van der Waals surface area contributed by atoms with Crippen LogP contribution in [0.4, 0.5) is 0 Å². The van der Waals surface area contributed by atoms with Gasteiger partial charge in [0.25, 0.3) is 0 Å². The monoisotopic (exact) mass is 288 g/mol. The molecule has 2 N–H and O–H groups in total. The molecule has 1 amide bonds. The van der Waals surface area contributed by atoms with Crippen LogP contribution in [0.5, 0.6) is 0 Å². The largest absolute Gasteiger partial charge is 0.349 e. The average molecular weight is 288 g/mol. The van der Waals surface area contributed by atoms with Crippen molar-refractivity contribution in [1.29, 1.82) is 0 Å². The molecule has 1 heterocycles. The Balaban J connectivity index is 2.06. The number of hydrogen-bond donors (Lipinski definition) is 2. The van der Waals surface area contributed by atoms with E-state index in [-0.39, 0.29) is 23.3 Å². The third-order valence-electron chi connectivity index (χ3n) is 4.00. The number of rotatable bonds is 4. The Labute approximate surface area is 128 Å². The predicted molar refractivity (Wildman–Crippen MR) is 87.0 cm³/mol. The van der Waals surface area contributed by atoms with Crippen LogP contribution in [0.3, 0.4) is 0 Å². The highest BCUT2D eigenvalue weighted by Crippen LogP contribution is 2.29. The second-order valence-corrected chi connectivity index (χ2v) is 7.28. The zero-order chi connectivity index (χ0) is 15.3. The minimum absolute atomic E-state index is 0.0978. The van der Waals surface area contributed by atoms with Crippen LogP contribution in [0.25, 0.3) is 0 Å². The molecule has 1 aromatic carbocycles. The molecule has 2 atom stereocenters. The van der Waals surface area contributed by atoms with Crippen LogP contribution in [0, 0.1) is 11.3 Å². The van der Waals surface area contributed by atoms with Gasteiger partial charge in [0.2, 0.25) is 5.91 Å². The Morgan fingerprint density at radius 2 is 2.05 bits per heavy atom. The second kappa shape index (κ2) is 7.08. The summed E-state index contributed by atoms with van der Waals surface area (Å²) in [6, 6.07) is 10.4. The van der Waals surface area contributed by atoms with Gasteiger partial charge in [-0.15, -0.1) is 0 Å². The Morgan fingerprint density at radius 1 is 1.33 bits per heavy atom. The van der Waals surface area contributed by atoms with Gasteiger partial charge in [-0.25, -0.2) is 0 Å². The van der Waals surface area contributed by atoms with Crippen molar-refractivity contribution in [3.8, 4) is 0 Å². The smallest absolute Gasteiger partial charge is 0.224 e. The summed E-state index contributed by atoms with van der Waals surface area (Å²) in [5.74, 6) is 0.310. The molecular weight excluding hydrogens is 260 g/mol. The van der Waals surface area contributed by atoms with E-state index in [1.165, 1.54) is 5.56 Å². The molecule has 1 aliphatic heterocycles. The van der Waals surface area contributed by atoms with Gasteiger partial charge in [-0.3, -0.25) is 4.79 Å². The summed E-state index contributed by atoms with van der Waals surface area (Å²) < 4.78 is 0. The Bertz CT molecular complexity index is 444. The summed E-state index contributed by atoms with van der Waals surface area (Å²) in [6.45, 7) is 8.50. The van der Waals surface area contributed by atoms with E-state index in [1.54, 1.807) is 0 Å². The first-order valence-corrected chi connectivity index (χ1v) is 8.02. The van der Waals surface area contributed by atoms with E-state index in [0.717, 1.165) is 32.4 Å². The SMILES string of the molecule is CC(C)(C)CC(NC(=O)C1CCCNC1)c1ccccc1. The molecule has 0 bridgehead atoms. The maximum absolute atomic E-state index is 12.5. The fourth-order valence-corrected chi connectivity index (χ4v) is 2.92. The summed E-state index contributed by atoms with van der Waals surface area (Å²) in [7, 11) is 0. The molecule has 3 heteroatoms. The molecule has 116 valence electrons. The van der Waals surface area contributed by atoms with Crippen LogP contribution in [0.1, 0.15) is 51.6 Å². The van der Waals surface area contributed by atoms with E-state index in [0.29, 0.717) is 0 Å². The van der Waals surface area contributed by atoms with Crippen LogP contribution >= 0.6 is 0 Å². The summed E-state index contributed by atoms with van der Waals surface area (Å²) in [5, 5.41) is 6.60. The van der Waals surface area contributed by atoms with Crippen LogP contribution in [-0.2, 0) is 4.79 Å². The minimum atomic E-state index is 0.0978. The van der Waals surface area contributed by atoms with Gasteiger partial charge in [-0.05, 0) is 36.8 Å². The highest BCUT2D eigenvalue weighted by molar-refractivity contribution is 5.79. The van der Waals surface area contributed by atoms with Crippen molar-refractivity contribution >= 4 is 5.91 Å². The highest BCUT2D eigenvalue weighted by atomic mass is 16.2. The first-order valence-electron chi connectivity index (χ1n) is 8.02. The van der Waals surface area contributed by atoms with Gasteiger partial charge < -0.3 is 10.6 Å². The molecule has 1 fully saturated rings. The second-order valence-electron chi connectivity index (χ2n) is 7.28. The minimum Gasteiger partial charge on any atom is -0.349 e. The average Bonchev–Trinajstić information content (AvgIpc) is 2.47. The number of hydrogen-bond acceptors (Lipinski definition) is 2. The van der Waals surface area contributed by atoms with Crippen LogP contribution in [0.15, 0.2) is 30.3 Å². The van der Waals surface area contributed by atoms with E-state index >= 15 is 0 Å². The highest BCUT2D eigenvalue weighted by Gasteiger charge is 2.26. The fourth-order valence-electron chi connectivity index (χ4n) is 2.92. The van der Waals surface area contributed by atoms with Crippen LogP contribution in [-0.4, -0.2) is 19.0 Å². The topological polar surface area (TPSA) is 41.1 Å². The Morgan fingerprint density at radius 3 is 2.62 bits per heavy atom. The van der Waals surface area contributed by atoms with Crippen molar-refractivity contribution in [3.63, 3.8) is 0 Å². The summed E-state index contributed by atoms with van der Waals surface area (Å²) in [4.78, 5) is 12.5. The normalized spacial score (nSPS) is 20.8. The fraction of sp³-hybridized carbons (Fsp3) is 0.611. The maximum Gasteiger partial charge on any atom is 0.224 e. The number of carbonyl (C=O) groups is 1. The zero-order valence-corrected chi connectivity index (χ0v) is 13.5. The number of amides is 1. The van der Waals surface area contributed by atoms with E-state index in [9.17, 15) is 4.79 Å². The lowest BCUT2D eigenvalue weighted by Gasteiger charge is -2.30. The van der Waals surface area contributed by atoms with E-state index in [1.807, 2.05) is 18.2 Å². The molecule has 0 spiro atoms. The molecule has 1 aliphatic rings. The molecule has 2 rings (SSSR count). The first-order chi connectivity index (χ1) is 9.96. The quantitative estimate of drug-likeness (QED) is 0.892. The predicted octanol–water partition coefficient (Wildman–Crippen LogP) is 3.28. The molecule has 0 radical (unpaired) electrons. The molecule has 3 nitrogen and oxygen atoms in total. The number of benzene rings is 1. The Hall–Kier alpha value is -1.35. The lowest BCUT2D eigenvalue weighted by atomic mass is 9.85. The molecule has 0 aliphatic carbocycles. The van der Waals surface area contributed by atoms with Gasteiger partial charge in [-0.2, -0.15) is 0 Å². The number of carbonyl (C=O) groups excluding carboxylic acids is 1. The lowest BCUT2D eigenvalue weighted by Crippen LogP contribution is -2.42. The standard InChI is InChI=1S/C18H28N2O/c1-18(2,3)12-16(14-8-5-4-6-9-14)20-17(21)15-10-7-11-19-13-15/h4-6,8-9,15-16,19H,7,10-13H2,1-3H3,(H,20,21). The van der Waals surface area contributed by atoms with E-state index in [2.05, 4.69) is 43.5 Å². The Kier molecular flexibility index (Phi) is 5.40. The number of piperidine rings is 1. The van der Waals surface area contributed by atoms with Crippen molar-refractivity contribution in [1.82, 2.24) is 10.6 Å². The summed E-state index contributed by atoms with van der Waals surface area (Å²) in [5.41, 5.74) is 1.38. The number of nitrogens with one attached hydrogen (secondary N) is 2. The lowest BCUT2D eigenvalue weighted by molar-refractivity contribution is -0.126. The van der Waals surface area contributed by atoms with Crippen LogP contribution in [0.2, 0.25) is 0 Å². The summed E-state index contributed by atoms with van der Waals surface area (Å²) in [6.07, 6.45) is 3.03. The van der Waals surface area contributed by atoms with Crippen molar-refractivity contribution in [3.05, 3.63) is 35.9 Å². The van der Waals surface area contributed by atoms with Crippen LogP contribution < -0.4 is 10.6 Å².